The molecule has 2 aromatic carbocycles. The minimum Gasteiger partial charge on any atom is -0.497 e. The van der Waals surface area contributed by atoms with Crippen LogP contribution in [-0.4, -0.2) is 49.6 Å². The number of benzene rings is 2. The molecule has 1 heterocycles. The summed E-state index contributed by atoms with van der Waals surface area (Å²) in [6.45, 7) is 1.86. The number of ether oxygens (including phenoxy) is 3. The minimum atomic E-state index is -0.757. The quantitative estimate of drug-likeness (QED) is 0.344. The molecule has 33 heavy (non-hydrogen) atoms. The van der Waals surface area contributed by atoms with E-state index in [9.17, 15) is 24.5 Å². The van der Waals surface area contributed by atoms with Gasteiger partial charge in [-0.1, -0.05) is 0 Å². The largest absolute Gasteiger partial charge is 0.497 e. The number of carbonyl (C=O) groups excluding carboxylic acids is 3. The van der Waals surface area contributed by atoms with Gasteiger partial charge in [-0.15, -0.1) is 0 Å². The topological polar surface area (TPSA) is 137 Å². The average molecular weight is 457 g/mol. The van der Waals surface area contributed by atoms with Crippen LogP contribution in [0.25, 0.3) is 0 Å². The fraction of sp³-hybridized carbons (Fsp3) is 0.318. The molecule has 11 nitrogen and oxygen atoms in total. The van der Waals surface area contributed by atoms with E-state index in [1.54, 1.807) is 24.3 Å². The van der Waals surface area contributed by atoms with Crippen molar-refractivity contribution in [1.29, 1.82) is 0 Å². The summed E-state index contributed by atoms with van der Waals surface area (Å²) >= 11 is 0. The van der Waals surface area contributed by atoms with Crippen LogP contribution in [0, 0.1) is 16.0 Å². The standard InChI is InChI=1S/C22H23N3O8/c1-3-32-16-6-4-15(5-7-16)24-12-14(10-21(24)27)22(28)33-13-20(26)23-18-11-17(31-2)8-9-19(18)25(29)30/h4-9,11,14H,3,10,12-13H2,1-2H3,(H,23,26)/t14-/m0/s1. The van der Waals surface area contributed by atoms with Crippen molar-refractivity contribution < 1.29 is 33.5 Å². The molecule has 3 rings (SSSR count). The Kier molecular flexibility index (Phi) is 7.44. The normalized spacial score (nSPS) is 15.2. The molecule has 0 aliphatic carbocycles. The van der Waals surface area contributed by atoms with Crippen LogP contribution in [0.4, 0.5) is 17.1 Å². The maximum absolute atomic E-state index is 12.4. The van der Waals surface area contributed by atoms with Crippen molar-refractivity contribution in [1.82, 2.24) is 0 Å². The number of amides is 2. The predicted molar refractivity (Wildman–Crippen MR) is 117 cm³/mol. The summed E-state index contributed by atoms with van der Waals surface area (Å²) < 4.78 is 15.4. The van der Waals surface area contributed by atoms with Gasteiger partial charge in [0, 0.05) is 30.8 Å². The van der Waals surface area contributed by atoms with Gasteiger partial charge in [-0.05, 0) is 37.3 Å². The fourth-order valence-corrected chi connectivity index (χ4v) is 3.35. The molecule has 0 aromatic heterocycles. The van der Waals surface area contributed by atoms with Crippen molar-refractivity contribution in [3.05, 3.63) is 52.6 Å². The molecule has 11 heteroatoms. The third kappa shape index (κ3) is 5.76. The van der Waals surface area contributed by atoms with Gasteiger partial charge in [-0.2, -0.15) is 0 Å². The Labute approximate surface area is 189 Å². The first kappa shape index (κ1) is 23.5. The number of anilines is 2. The highest BCUT2D eigenvalue weighted by Crippen LogP contribution is 2.29. The van der Waals surface area contributed by atoms with Crippen molar-refractivity contribution in [2.75, 3.05) is 37.1 Å². The number of nitro groups is 1. The Morgan fingerprint density at radius 3 is 2.52 bits per heavy atom. The van der Waals surface area contributed by atoms with Gasteiger partial charge in [-0.3, -0.25) is 24.5 Å². The van der Waals surface area contributed by atoms with Crippen LogP contribution in [0.5, 0.6) is 11.5 Å². The lowest BCUT2D eigenvalue weighted by Gasteiger charge is -2.17. The van der Waals surface area contributed by atoms with E-state index in [4.69, 9.17) is 14.2 Å². The van der Waals surface area contributed by atoms with Gasteiger partial charge in [-0.25, -0.2) is 0 Å². The second kappa shape index (κ2) is 10.4. The lowest BCUT2D eigenvalue weighted by Crippen LogP contribution is -2.28. The van der Waals surface area contributed by atoms with Crippen molar-refractivity contribution in [2.24, 2.45) is 5.92 Å². The molecule has 1 saturated heterocycles. The second-order valence-corrected chi connectivity index (χ2v) is 7.13. The Balaban J connectivity index is 1.56. The van der Waals surface area contributed by atoms with E-state index < -0.39 is 29.3 Å². The summed E-state index contributed by atoms with van der Waals surface area (Å²) in [6.07, 6.45) is -0.0466. The van der Waals surface area contributed by atoms with E-state index in [-0.39, 0.29) is 30.2 Å². The highest BCUT2D eigenvalue weighted by molar-refractivity contribution is 6.00. The number of esters is 1. The zero-order valence-electron chi connectivity index (χ0n) is 18.1. The average Bonchev–Trinajstić information content (AvgIpc) is 3.19. The highest BCUT2D eigenvalue weighted by Gasteiger charge is 2.36. The smallest absolute Gasteiger partial charge is 0.311 e. The molecule has 0 spiro atoms. The first-order valence-electron chi connectivity index (χ1n) is 10.1. The van der Waals surface area contributed by atoms with Crippen LogP contribution < -0.4 is 19.7 Å². The first-order chi connectivity index (χ1) is 15.8. The zero-order chi connectivity index (χ0) is 24.0. The summed E-state index contributed by atoms with van der Waals surface area (Å²) in [4.78, 5) is 49.0. The molecule has 0 saturated carbocycles. The molecule has 1 N–H and O–H groups in total. The maximum Gasteiger partial charge on any atom is 0.311 e. The van der Waals surface area contributed by atoms with Crippen molar-refractivity contribution in [3.63, 3.8) is 0 Å². The van der Waals surface area contributed by atoms with Gasteiger partial charge >= 0.3 is 5.97 Å². The highest BCUT2D eigenvalue weighted by atomic mass is 16.6. The number of rotatable bonds is 9. The number of methoxy groups -OCH3 is 1. The molecule has 1 aliphatic rings. The van der Waals surface area contributed by atoms with Crippen LogP contribution in [0.2, 0.25) is 0 Å². The minimum absolute atomic E-state index is 0.0466. The SMILES string of the molecule is CCOc1ccc(N2C[C@@H](C(=O)OCC(=O)Nc3cc(OC)ccc3[N+](=O)[O-])CC2=O)cc1. The van der Waals surface area contributed by atoms with E-state index in [0.29, 0.717) is 23.8 Å². The van der Waals surface area contributed by atoms with Gasteiger partial charge in [0.1, 0.15) is 17.2 Å². The molecule has 2 aromatic rings. The number of nitrogens with one attached hydrogen (secondary N) is 1. The van der Waals surface area contributed by atoms with Gasteiger partial charge < -0.3 is 24.4 Å². The summed E-state index contributed by atoms with van der Waals surface area (Å²) in [5, 5.41) is 13.5. The lowest BCUT2D eigenvalue weighted by atomic mass is 10.1. The third-order valence-electron chi connectivity index (χ3n) is 4.94. The van der Waals surface area contributed by atoms with Crippen molar-refractivity contribution in [2.45, 2.75) is 13.3 Å². The molecule has 174 valence electrons. The molecule has 0 radical (unpaired) electrons. The van der Waals surface area contributed by atoms with Crippen LogP contribution in [0.15, 0.2) is 42.5 Å². The molecule has 1 atom stereocenters. The zero-order valence-corrected chi connectivity index (χ0v) is 18.1. The van der Waals surface area contributed by atoms with Gasteiger partial charge in [0.25, 0.3) is 11.6 Å². The van der Waals surface area contributed by atoms with Crippen molar-refractivity contribution in [3.8, 4) is 11.5 Å². The fourth-order valence-electron chi connectivity index (χ4n) is 3.35. The number of hydrogen-bond donors (Lipinski definition) is 1. The number of nitrogens with zero attached hydrogens (tertiary/aromatic N) is 2. The van der Waals surface area contributed by atoms with Crippen LogP contribution in [-0.2, 0) is 19.1 Å². The predicted octanol–water partition coefficient (Wildman–Crippen LogP) is 2.54. The maximum atomic E-state index is 12.4. The molecule has 2 amide bonds. The Bertz CT molecular complexity index is 1050. The summed E-state index contributed by atoms with van der Waals surface area (Å²) in [7, 11) is 1.38. The van der Waals surface area contributed by atoms with Crippen LogP contribution >= 0.6 is 0 Å². The summed E-state index contributed by atoms with van der Waals surface area (Å²) in [5.41, 5.74) is 0.211. The molecule has 0 unspecified atom stereocenters. The van der Waals surface area contributed by atoms with E-state index >= 15 is 0 Å². The van der Waals surface area contributed by atoms with E-state index in [1.165, 1.54) is 30.2 Å². The second-order valence-electron chi connectivity index (χ2n) is 7.13. The Morgan fingerprint density at radius 2 is 1.88 bits per heavy atom. The number of nitro benzene ring substituents is 1. The Morgan fingerprint density at radius 1 is 1.18 bits per heavy atom. The molecule has 1 aliphatic heterocycles. The monoisotopic (exact) mass is 457 g/mol. The Hall–Kier alpha value is -4.15. The third-order valence-corrected chi connectivity index (χ3v) is 4.94. The summed E-state index contributed by atoms with van der Waals surface area (Å²) in [6, 6.07) is 10.8. The number of carbonyl (C=O) groups is 3. The molecular weight excluding hydrogens is 434 g/mol. The van der Waals surface area contributed by atoms with Gasteiger partial charge in [0.2, 0.25) is 5.91 Å². The lowest BCUT2D eigenvalue weighted by molar-refractivity contribution is -0.383. The molecule has 1 fully saturated rings. The molecule has 0 bridgehead atoms. The van der Waals surface area contributed by atoms with Crippen LogP contribution in [0.3, 0.4) is 0 Å². The van der Waals surface area contributed by atoms with E-state index in [1.807, 2.05) is 6.92 Å². The van der Waals surface area contributed by atoms with Crippen LogP contribution in [0.1, 0.15) is 13.3 Å². The van der Waals surface area contributed by atoms with Crippen molar-refractivity contribution >= 4 is 34.8 Å². The van der Waals surface area contributed by atoms with E-state index in [2.05, 4.69) is 5.32 Å². The summed E-state index contributed by atoms with van der Waals surface area (Å²) in [5.74, 6) is -1.45. The number of hydrogen-bond acceptors (Lipinski definition) is 8. The van der Waals surface area contributed by atoms with Gasteiger partial charge in [0.15, 0.2) is 6.61 Å². The van der Waals surface area contributed by atoms with Gasteiger partial charge in [0.05, 0.1) is 24.6 Å². The van der Waals surface area contributed by atoms with E-state index in [0.717, 1.165) is 0 Å². The molecular formula is C22H23N3O8. The first-order valence-corrected chi connectivity index (χ1v) is 10.1.